The van der Waals surface area contributed by atoms with Crippen molar-refractivity contribution in [3.63, 3.8) is 0 Å². The number of sulfonamides is 2. The standard InChI is InChI=1S/C14H22N2O6S2/c1-21-13-6-5-12(11-14(13)22-2)24(19,20)15-7-10-23(17,18)16-8-3-4-9-16/h5-6,11,15H,3-4,7-10H2,1-2H3. The maximum absolute atomic E-state index is 12.3. The zero-order valence-corrected chi connectivity index (χ0v) is 15.3. The number of ether oxygens (including phenoxy) is 2. The van der Waals surface area contributed by atoms with Gasteiger partial charge >= 0.3 is 0 Å². The minimum absolute atomic E-state index is 0.0151. The van der Waals surface area contributed by atoms with Crippen LogP contribution in [0.4, 0.5) is 0 Å². The van der Waals surface area contributed by atoms with Crippen LogP contribution in [0, 0.1) is 0 Å². The normalized spacial score (nSPS) is 16.2. The Balaban J connectivity index is 2.03. The van der Waals surface area contributed by atoms with Crippen molar-refractivity contribution in [1.29, 1.82) is 0 Å². The molecule has 0 unspecified atom stereocenters. The Morgan fingerprint density at radius 3 is 2.25 bits per heavy atom. The molecule has 1 fully saturated rings. The Bertz CT molecular complexity index is 770. The van der Waals surface area contributed by atoms with E-state index in [1.54, 1.807) is 0 Å². The van der Waals surface area contributed by atoms with Crippen molar-refractivity contribution in [2.24, 2.45) is 0 Å². The van der Waals surface area contributed by atoms with E-state index in [-0.39, 0.29) is 22.9 Å². The zero-order chi connectivity index (χ0) is 17.8. The van der Waals surface area contributed by atoms with Gasteiger partial charge in [-0.1, -0.05) is 0 Å². The molecule has 0 aliphatic carbocycles. The third-order valence-corrected chi connectivity index (χ3v) is 7.11. The number of hydrogen-bond acceptors (Lipinski definition) is 6. The molecule has 1 aliphatic rings. The number of benzene rings is 1. The van der Waals surface area contributed by atoms with Crippen LogP contribution in [-0.2, 0) is 20.0 Å². The van der Waals surface area contributed by atoms with Gasteiger partial charge in [-0.3, -0.25) is 0 Å². The molecule has 1 aliphatic heterocycles. The fraction of sp³-hybridized carbons (Fsp3) is 0.571. The van der Waals surface area contributed by atoms with Crippen molar-refractivity contribution in [2.45, 2.75) is 17.7 Å². The first-order chi connectivity index (χ1) is 11.3. The van der Waals surface area contributed by atoms with Gasteiger partial charge in [0, 0.05) is 25.7 Å². The van der Waals surface area contributed by atoms with E-state index in [4.69, 9.17) is 9.47 Å². The molecule has 2 rings (SSSR count). The highest BCUT2D eigenvalue weighted by atomic mass is 32.2. The van der Waals surface area contributed by atoms with E-state index in [2.05, 4.69) is 4.72 Å². The molecule has 0 spiro atoms. The molecule has 24 heavy (non-hydrogen) atoms. The summed E-state index contributed by atoms with van der Waals surface area (Å²) >= 11 is 0. The van der Waals surface area contributed by atoms with Crippen LogP contribution in [0.3, 0.4) is 0 Å². The minimum atomic E-state index is -3.83. The Morgan fingerprint density at radius 2 is 1.67 bits per heavy atom. The van der Waals surface area contributed by atoms with E-state index in [0.717, 1.165) is 12.8 Å². The fourth-order valence-corrected chi connectivity index (χ4v) is 5.08. The first-order valence-electron chi connectivity index (χ1n) is 7.49. The summed E-state index contributed by atoms with van der Waals surface area (Å²) in [6.45, 7) is 0.824. The molecule has 0 aromatic heterocycles. The Kier molecular flexibility index (Phi) is 6.07. The van der Waals surface area contributed by atoms with Crippen LogP contribution in [0.2, 0.25) is 0 Å². The van der Waals surface area contributed by atoms with Crippen LogP contribution in [0.1, 0.15) is 12.8 Å². The molecule has 1 aromatic rings. The molecule has 0 atom stereocenters. The highest BCUT2D eigenvalue weighted by molar-refractivity contribution is 7.90. The highest BCUT2D eigenvalue weighted by Crippen LogP contribution is 2.29. The molecule has 1 heterocycles. The van der Waals surface area contributed by atoms with E-state index in [9.17, 15) is 16.8 Å². The van der Waals surface area contributed by atoms with Gasteiger partial charge in [0.15, 0.2) is 11.5 Å². The van der Waals surface area contributed by atoms with Gasteiger partial charge in [0.2, 0.25) is 20.0 Å². The van der Waals surface area contributed by atoms with E-state index >= 15 is 0 Å². The lowest BCUT2D eigenvalue weighted by atomic mass is 10.3. The van der Waals surface area contributed by atoms with E-state index in [0.29, 0.717) is 18.8 Å². The molecule has 0 saturated carbocycles. The van der Waals surface area contributed by atoms with Gasteiger partial charge < -0.3 is 9.47 Å². The average molecular weight is 378 g/mol. The summed E-state index contributed by atoms with van der Waals surface area (Å²) < 4.78 is 62.6. The van der Waals surface area contributed by atoms with Crippen molar-refractivity contribution < 1.29 is 26.3 Å². The van der Waals surface area contributed by atoms with Gasteiger partial charge in [0.1, 0.15) is 0 Å². The van der Waals surface area contributed by atoms with Crippen molar-refractivity contribution in [1.82, 2.24) is 9.03 Å². The van der Waals surface area contributed by atoms with Crippen LogP contribution < -0.4 is 14.2 Å². The molecule has 0 radical (unpaired) electrons. The molecule has 8 nitrogen and oxygen atoms in total. The van der Waals surface area contributed by atoms with Crippen molar-refractivity contribution >= 4 is 20.0 Å². The Labute approximate surface area is 142 Å². The molecule has 136 valence electrons. The second-order valence-corrected chi connectivity index (χ2v) is 9.19. The summed E-state index contributed by atoms with van der Waals surface area (Å²) in [5.74, 6) is 0.428. The minimum Gasteiger partial charge on any atom is -0.493 e. The van der Waals surface area contributed by atoms with Crippen molar-refractivity contribution in [2.75, 3.05) is 39.6 Å². The van der Waals surface area contributed by atoms with Crippen LogP contribution in [0.25, 0.3) is 0 Å². The summed E-state index contributed by atoms with van der Waals surface area (Å²) in [6, 6.07) is 4.18. The van der Waals surface area contributed by atoms with Crippen LogP contribution >= 0.6 is 0 Å². The fourth-order valence-electron chi connectivity index (χ4n) is 2.47. The lowest BCUT2D eigenvalue weighted by Crippen LogP contribution is -2.36. The topological polar surface area (TPSA) is 102 Å². The lowest BCUT2D eigenvalue weighted by molar-refractivity contribution is 0.354. The highest BCUT2D eigenvalue weighted by Gasteiger charge is 2.25. The quantitative estimate of drug-likeness (QED) is 0.703. The van der Waals surface area contributed by atoms with Gasteiger partial charge in [-0.2, -0.15) is 0 Å². The maximum Gasteiger partial charge on any atom is 0.240 e. The summed E-state index contributed by atoms with van der Waals surface area (Å²) in [5.41, 5.74) is 0. The summed E-state index contributed by atoms with van der Waals surface area (Å²) in [5, 5.41) is 0. The zero-order valence-electron chi connectivity index (χ0n) is 13.7. The van der Waals surface area contributed by atoms with Crippen LogP contribution in [0.15, 0.2) is 23.1 Å². The number of rotatable bonds is 8. The molecule has 1 N–H and O–H groups in total. The lowest BCUT2D eigenvalue weighted by Gasteiger charge is -2.15. The molecular weight excluding hydrogens is 356 g/mol. The molecule has 1 aromatic carbocycles. The van der Waals surface area contributed by atoms with Crippen LogP contribution in [0.5, 0.6) is 11.5 Å². The van der Waals surface area contributed by atoms with Crippen molar-refractivity contribution in [3.05, 3.63) is 18.2 Å². The number of nitrogens with one attached hydrogen (secondary N) is 1. The summed E-state index contributed by atoms with van der Waals surface area (Å²) in [6.07, 6.45) is 1.69. The first-order valence-corrected chi connectivity index (χ1v) is 10.6. The van der Waals surface area contributed by atoms with Crippen molar-refractivity contribution in [3.8, 4) is 11.5 Å². The molecule has 0 bridgehead atoms. The average Bonchev–Trinajstić information content (AvgIpc) is 3.09. The second-order valence-electron chi connectivity index (χ2n) is 5.34. The molecule has 1 saturated heterocycles. The van der Waals surface area contributed by atoms with Gasteiger partial charge in [-0.05, 0) is 25.0 Å². The van der Waals surface area contributed by atoms with E-state index < -0.39 is 20.0 Å². The smallest absolute Gasteiger partial charge is 0.240 e. The predicted molar refractivity (Wildman–Crippen MR) is 89.3 cm³/mol. The third kappa shape index (κ3) is 4.38. The third-order valence-electron chi connectivity index (χ3n) is 3.78. The van der Waals surface area contributed by atoms with Gasteiger partial charge in [-0.15, -0.1) is 0 Å². The predicted octanol–water partition coefficient (Wildman–Crippen LogP) is 0.408. The van der Waals surface area contributed by atoms with Crippen LogP contribution in [-0.4, -0.2) is 60.7 Å². The SMILES string of the molecule is COc1ccc(S(=O)(=O)NCCS(=O)(=O)N2CCCC2)cc1OC. The van der Waals surface area contributed by atoms with Gasteiger partial charge in [0.05, 0.1) is 24.9 Å². The number of methoxy groups -OCH3 is 2. The molecule has 10 heteroatoms. The number of nitrogens with zero attached hydrogens (tertiary/aromatic N) is 1. The Hall–Kier alpha value is -1.36. The maximum atomic E-state index is 12.3. The molecular formula is C14H22N2O6S2. The monoisotopic (exact) mass is 378 g/mol. The van der Waals surface area contributed by atoms with E-state index in [1.807, 2.05) is 0 Å². The second kappa shape index (κ2) is 7.68. The van der Waals surface area contributed by atoms with Gasteiger partial charge in [-0.25, -0.2) is 25.9 Å². The summed E-state index contributed by atoms with van der Waals surface area (Å²) in [7, 11) is -4.40. The van der Waals surface area contributed by atoms with Gasteiger partial charge in [0.25, 0.3) is 0 Å². The Morgan fingerprint density at radius 1 is 1.04 bits per heavy atom. The molecule has 0 amide bonds. The number of hydrogen-bond donors (Lipinski definition) is 1. The largest absolute Gasteiger partial charge is 0.493 e. The summed E-state index contributed by atoms with van der Waals surface area (Å²) in [4.78, 5) is -0.0151. The first kappa shape index (κ1) is 19.0. The van der Waals surface area contributed by atoms with E-state index in [1.165, 1.54) is 36.7 Å².